The molecular formula is C19H26O8S. The van der Waals surface area contributed by atoms with E-state index in [1.807, 2.05) is 6.92 Å². The summed E-state index contributed by atoms with van der Waals surface area (Å²) in [5, 5.41) is 0. The van der Waals surface area contributed by atoms with Gasteiger partial charge in [-0.25, -0.2) is 0 Å². The summed E-state index contributed by atoms with van der Waals surface area (Å²) >= 11 is 0. The third kappa shape index (κ3) is 3.85. The van der Waals surface area contributed by atoms with Crippen molar-refractivity contribution in [2.24, 2.45) is 0 Å². The molecule has 4 rings (SSSR count). The van der Waals surface area contributed by atoms with Crippen LogP contribution in [0.4, 0.5) is 0 Å². The van der Waals surface area contributed by atoms with E-state index in [1.54, 1.807) is 39.8 Å². The van der Waals surface area contributed by atoms with Gasteiger partial charge in [-0.1, -0.05) is 17.7 Å². The number of aryl methyl sites for hydroxylation is 1. The monoisotopic (exact) mass is 414 g/mol. The third-order valence-corrected chi connectivity index (χ3v) is 6.30. The van der Waals surface area contributed by atoms with Crippen LogP contribution in [0, 0.1) is 6.92 Å². The quantitative estimate of drug-likeness (QED) is 0.692. The average Bonchev–Trinajstić information content (AvgIpc) is 3.18. The Morgan fingerprint density at radius 2 is 1.64 bits per heavy atom. The van der Waals surface area contributed by atoms with Gasteiger partial charge in [0.15, 0.2) is 17.9 Å². The number of rotatable bonds is 4. The van der Waals surface area contributed by atoms with Crippen LogP contribution in [0.25, 0.3) is 0 Å². The zero-order valence-corrected chi connectivity index (χ0v) is 17.4. The van der Waals surface area contributed by atoms with Gasteiger partial charge >= 0.3 is 0 Å². The molecule has 0 amide bonds. The standard InChI is InChI=1S/C19H26O8S/c1-11-6-8-12(9-7-11)28(20,21)27-15-14(13-10-22-18(2,3)24-13)23-17-16(15)25-19(4,5)26-17/h6-9,13-17H,10H2,1-5H3/t13-,14-,15-,16+,17-/m0/s1. The van der Waals surface area contributed by atoms with E-state index in [-0.39, 0.29) is 11.5 Å². The Morgan fingerprint density at radius 3 is 2.25 bits per heavy atom. The van der Waals surface area contributed by atoms with Gasteiger partial charge < -0.3 is 23.7 Å². The minimum atomic E-state index is -4.04. The first-order chi connectivity index (χ1) is 13.0. The molecule has 5 atom stereocenters. The SMILES string of the molecule is Cc1ccc(S(=O)(=O)O[C@H]2[C@H]([C@@H]3COC(C)(C)O3)O[C@H]3OC(C)(C)O[C@@H]32)cc1. The fourth-order valence-corrected chi connectivity index (χ4v) is 4.79. The molecule has 156 valence electrons. The highest BCUT2D eigenvalue weighted by atomic mass is 32.2. The highest BCUT2D eigenvalue weighted by molar-refractivity contribution is 7.86. The maximum Gasteiger partial charge on any atom is 0.297 e. The molecule has 1 aromatic rings. The summed E-state index contributed by atoms with van der Waals surface area (Å²) < 4.78 is 60.5. The van der Waals surface area contributed by atoms with Crippen molar-refractivity contribution >= 4 is 10.1 Å². The number of hydrogen-bond acceptors (Lipinski definition) is 8. The van der Waals surface area contributed by atoms with Gasteiger partial charge in [0.05, 0.1) is 11.5 Å². The summed E-state index contributed by atoms with van der Waals surface area (Å²) in [5.41, 5.74) is 0.953. The number of ether oxygens (including phenoxy) is 5. The Labute approximate surface area is 165 Å². The maximum atomic E-state index is 12.9. The molecule has 3 aliphatic heterocycles. The van der Waals surface area contributed by atoms with Crippen LogP contribution in [0.2, 0.25) is 0 Å². The molecule has 0 spiro atoms. The van der Waals surface area contributed by atoms with Gasteiger partial charge in [0, 0.05) is 0 Å². The third-order valence-electron chi connectivity index (χ3n) is 4.97. The smallest absolute Gasteiger partial charge is 0.297 e. The van der Waals surface area contributed by atoms with Gasteiger partial charge in [-0.2, -0.15) is 8.42 Å². The van der Waals surface area contributed by atoms with Gasteiger partial charge in [-0.3, -0.25) is 4.18 Å². The largest absolute Gasteiger partial charge is 0.348 e. The van der Waals surface area contributed by atoms with E-state index in [4.69, 9.17) is 27.9 Å². The van der Waals surface area contributed by atoms with Gasteiger partial charge in [-0.15, -0.1) is 0 Å². The second-order valence-electron chi connectivity index (χ2n) is 8.26. The van der Waals surface area contributed by atoms with Crippen molar-refractivity contribution in [2.75, 3.05) is 6.61 Å². The highest BCUT2D eigenvalue weighted by Gasteiger charge is 2.60. The summed E-state index contributed by atoms with van der Waals surface area (Å²) in [6.45, 7) is 9.20. The van der Waals surface area contributed by atoms with Crippen molar-refractivity contribution in [2.45, 2.75) is 81.8 Å². The number of fused-ring (bicyclic) bond motifs is 1. The fourth-order valence-electron chi connectivity index (χ4n) is 3.70. The number of benzene rings is 1. The minimum absolute atomic E-state index is 0.0717. The van der Waals surface area contributed by atoms with E-state index in [9.17, 15) is 8.42 Å². The van der Waals surface area contributed by atoms with E-state index in [0.717, 1.165) is 5.56 Å². The van der Waals surface area contributed by atoms with Gasteiger partial charge in [0.1, 0.15) is 24.4 Å². The zero-order chi connectivity index (χ0) is 20.3. The van der Waals surface area contributed by atoms with E-state index >= 15 is 0 Å². The Morgan fingerprint density at radius 1 is 0.964 bits per heavy atom. The lowest BCUT2D eigenvalue weighted by Crippen LogP contribution is -2.45. The molecule has 0 N–H and O–H groups in total. The summed E-state index contributed by atoms with van der Waals surface area (Å²) in [6, 6.07) is 6.47. The van der Waals surface area contributed by atoms with Crippen molar-refractivity contribution in [3.63, 3.8) is 0 Å². The maximum absolute atomic E-state index is 12.9. The van der Waals surface area contributed by atoms with Gasteiger partial charge in [-0.05, 0) is 46.8 Å². The van der Waals surface area contributed by atoms with Crippen LogP contribution in [-0.2, 0) is 38.0 Å². The Hall–Kier alpha value is -1.07. The molecule has 0 aliphatic carbocycles. The lowest BCUT2D eigenvalue weighted by molar-refractivity contribution is -0.230. The van der Waals surface area contributed by atoms with Crippen LogP contribution in [-0.4, -0.2) is 57.3 Å². The number of hydrogen-bond donors (Lipinski definition) is 0. The second-order valence-corrected chi connectivity index (χ2v) is 9.84. The first-order valence-electron chi connectivity index (χ1n) is 9.29. The summed E-state index contributed by atoms with van der Waals surface area (Å²) in [5.74, 6) is -1.69. The lowest BCUT2D eigenvalue weighted by Gasteiger charge is -2.28. The van der Waals surface area contributed by atoms with Gasteiger partial charge in [0.2, 0.25) is 0 Å². The first-order valence-corrected chi connectivity index (χ1v) is 10.7. The molecular weight excluding hydrogens is 388 g/mol. The topological polar surface area (TPSA) is 89.5 Å². The molecule has 0 aromatic heterocycles. The predicted octanol–water partition coefficient (Wildman–Crippen LogP) is 2.10. The summed E-state index contributed by atoms with van der Waals surface area (Å²) in [7, 11) is -4.04. The molecule has 0 radical (unpaired) electrons. The van der Waals surface area contributed by atoms with Crippen LogP contribution in [0.1, 0.15) is 33.3 Å². The molecule has 0 unspecified atom stereocenters. The van der Waals surface area contributed by atoms with Crippen molar-refractivity contribution in [1.82, 2.24) is 0 Å². The van der Waals surface area contributed by atoms with Crippen LogP contribution in [0.5, 0.6) is 0 Å². The molecule has 8 nitrogen and oxygen atoms in total. The molecule has 1 aromatic carbocycles. The van der Waals surface area contributed by atoms with Crippen LogP contribution >= 0.6 is 0 Å². The van der Waals surface area contributed by atoms with Crippen molar-refractivity contribution in [3.8, 4) is 0 Å². The summed E-state index contributed by atoms with van der Waals surface area (Å²) in [4.78, 5) is 0.0717. The zero-order valence-electron chi connectivity index (χ0n) is 16.6. The molecule has 3 aliphatic rings. The predicted molar refractivity (Wildman–Crippen MR) is 96.8 cm³/mol. The minimum Gasteiger partial charge on any atom is -0.348 e. The van der Waals surface area contributed by atoms with Crippen LogP contribution < -0.4 is 0 Å². The molecule has 3 saturated heterocycles. The Bertz CT molecular complexity index is 832. The highest BCUT2D eigenvalue weighted by Crippen LogP contribution is 2.42. The Balaban J connectivity index is 1.61. The molecule has 0 saturated carbocycles. The molecule has 3 heterocycles. The Kier molecular flexibility index (Phi) is 4.86. The molecule has 3 fully saturated rings. The first kappa shape index (κ1) is 20.2. The molecule has 0 bridgehead atoms. The van der Waals surface area contributed by atoms with E-state index in [0.29, 0.717) is 0 Å². The van der Waals surface area contributed by atoms with Gasteiger partial charge in [0.25, 0.3) is 10.1 Å². The second kappa shape index (κ2) is 6.73. The lowest BCUT2D eigenvalue weighted by atomic mass is 10.1. The van der Waals surface area contributed by atoms with E-state index < -0.39 is 52.4 Å². The molecule has 9 heteroatoms. The van der Waals surface area contributed by atoms with Crippen molar-refractivity contribution in [1.29, 1.82) is 0 Å². The van der Waals surface area contributed by atoms with Crippen molar-refractivity contribution in [3.05, 3.63) is 29.8 Å². The van der Waals surface area contributed by atoms with Crippen LogP contribution in [0.3, 0.4) is 0 Å². The van der Waals surface area contributed by atoms with Crippen LogP contribution in [0.15, 0.2) is 29.2 Å². The van der Waals surface area contributed by atoms with E-state index in [1.165, 1.54) is 12.1 Å². The normalized spacial score (nSPS) is 36.5. The summed E-state index contributed by atoms with van der Waals surface area (Å²) in [6.07, 6.45) is -3.60. The van der Waals surface area contributed by atoms with E-state index in [2.05, 4.69) is 0 Å². The fraction of sp³-hybridized carbons (Fsp3) is 0.684. The average molecular weight is 414 g/mol. The van der Waals surface area contributed by atoms with Crippen molar-refractivity contribution < 1.29 is 36.3 Å². The molecule has 28 heavy (non-hydrogen) atoms.